The van der Waals surface area contributed by atoms with Crippen molar-refractivity contribution in [3.63, 3.8) is 0 Å². The summed E-state index contributed by atoms with van der Waals surface area (Å²) in [6.07, 6.45) is 4.95. The van der Waals surface area contributed by atoms with E-state index in [0.29, 0.717) is 55.4 Å². The van der Waals surface area contributed by atoms with E-state index in [1.165, 1.54) is 0 Å². The zero-order valence-electron chi connectivity index (χ0n) is 28.8. The predicted octanol–water partition coefficient (Wildman–Crippen LogP) is 7.46. The van der Waals surface area contributed by atoms with Crippen LogP contribution in [-0.2, 0) is 36.8 Å². The van der Waals surface area contributed by atoms with Gasteiger partial charge in [-0.1, -0.05) is 41.9 Å². The van der Waals surface area contributed by atoms with Crippen LogP contribution in [0.15, 0.2) is 70.3 Å². The summed E-state index contributed by atoms with van der Waals surface area (Å²) in [5.41, 5.74) is 5.33. The van der Waals surface area contributed by atoms with Crippen molar-refractivity contribution in [2.45, 2.75) is 36.2 Å². The molecule has 0 saturated carbocycles. The molecule has 10 nitrogen and oxygen atoms in total. The lowest BCUT2D eigenvalue weighted by molar-refractivity contribution is -0.129. The Morgan fingerprint density at radius 2 is 1.86 bits per heavy atom. The number of carbonyl (C=O) groups excluding carboxylic acids is 1. The van der Waals surface area contributed by atoms with E-state index in [-0.39, 0.29) is 11.6 Å². The van der Waals surface area contributed by atoms with Crippen LogP contribution in [0.5, 0.6) is 5.75 Å². The molecule has 7 rings (SSSR count). The molecule has 3 aromatic carbocycles. The zero-order valence-corrected chi connectivity index (χ0v) is 31.2. The van der Waals surface area contributed by atoms with Crippen LogP contribution in [0.2, 0.25) is 5.02 Å². The molecule has 8 bridgehead atoms. The maximum absolute atomic E-state index is 12.7. The van der Waals surface area contributed by atoms with Crippen molar-refractivity contribution in [3.8, 4) is 5.75 Å². The van der Waals surface area contributed by atoms with E-state index < -0.39 is 5.97 Å². The number of aryl methyl sites for hydroxylation is 3. The van der Waals surface area contributed by atoms with Crippen molar-refractivity contribution in [2.75, 3.05) is 32.0 Å². The Kier molecular flexibility index (Phi) is 10.4. The number of hydrogen-bond acceptors (Lipinski definition) is 8. The van der Waals surface area contributed by atoms with Crippen molar-refractivity contribution < 1.29 is 19.4 Å². The van der Waals surface area contributed by atoms with Gasteiger partial charge < -0.3 is 19.3 Å². The van der Waals surface area contributed by atoms with Crippen LogP contribution in [0.3, 0.4) is 0 Å². The Bertz CT molecular complexity index is 2210. The molecule has 0 unspecified atom stereocenters. The highest BCUT2D eigenvalue weighted by atomic mass is 35.5. The van der Waals surface area contributed by atoms with Crippen LogP contribution >= 0.6 is 35.1 Å². The van der Waals surface area contributed by atoms with Crippen molar-refractivity contribution in [1.29, 1.82) is 0 Å². The quantitative estimate of drug-likeness (QED) is 0.189. The molecule has 13 heteroatoms. The number of carbonyl (C=O) groups is 2. The number of halogens is 1. The van der Waals surface area contributed by atoms with Gasteiger partial charge in [0.1, 0.15) is 11.4 Å². The topological polar surface area (TPSA) is 105 Å². The minimum absolute atomic E-state index is 0.0200. The average Bonchev–Trinajstić information content (AvgIpc) is 3.61. The molecule has 0 radical (unpaired) electrons. The van der Waals surface area contributed by atoms with Crippen LogP contribution in [0.25, 0.3) is 27.8 Å². The SMILES string of the molecule is CC(=O)N1CCN2/N=C/CSCc3cc(n(C)n3)CSc3cc(c4ccccc4c3)OCCCc3c(C(=O)O)n(C)c4c(c(Cl)ccc34)/C=C/2C1. The van der Waals surface area contributed by atoms with Crippen LogP contribution in [0, 0.1) is 0 Å². The number of amides is 1. The Balaban J connectivity index is 1.29. The second-order valence-corrected chi connectivity index (χ2v) is 15.2. The summed E-state index contributed by atoms with van der Waals surface area (Å²) in [5, 5.41) is 25.4. The smallest absolute Gasteiger partial charge is 0.352 e. The fourth-order valence-electron chi connectivity index (χ4n) is 6.86. The van der Waals surface area contributed by atoms with Gasteiger partial charge in [-0.15, -0.1) is 23.5 Å². The zero-order chi connectivity index (χ0) is 35.6. The molecule has 0 atom stereocenters. The largest absolute Gasteiger partial charge is 0.493 e. The fourth-order valence-corrected chi connectivity index (χ4v) is 8.69. The van der Waals surface area contributed by atoms with Gasteiger partial charge in [0.2, 0.25) is 5.91 Å². The first kappa shape index (κ1) is 35.0. The number of rotatable bonds is 1. The third kappa shape index (κ3) is 7.35. The molecule has 4 heterocycles. The first-order valence-electron chi connectivity index (χ1n) is 16.8. The summed E-state index contributed by atoms with van der Waals surface area (Å²) in [4.78, 5) is 28.1. The number of hydrazone groups is 1. The van der Waals surface area contributed by atoms with E-state index >= 15 is 0 Å². The van der Waals surface area contributed by atoms with Crippen molar-refractivity contribution in [3.05, 3.63) is 93.5 Å². The van der Waals surface area contributed by atoms with E-state index in [0.717, 1.165) is 66.5 Å². The number of aromatic carboxylic acids is 1. The minimum Gasteiger partial charge on any atom is -0.493 e. The second-order valence-electron chi connectivity index (χ2n) is 12.7. The summed E-state index contributed by atoms with van der Waals surface area (Å²) in [6, 6.07) is 18.4. The first-order chi connectivity index (χ1) is 24.7. The highest BCUT2D eigenvalue weighted by Crippen LogP contribution is 2.37. The van der Waals surface area contributed by atoms with Crippen LogP contribution in [0.1, 0.15) is 46.3 Å². The Hall–Kier alpha value is -4.39. The van der Waals surface area contributed by atoms with Gasteiger partial charge in [0.15, 0.2) is 0 Å². The molecule has 51 heavy (non-hydrogen) atoms. The summed E-state index contributed by atoms with van der Waals surface area (Å²) in [7, 11) is 3.76. The highest BCUT2D eigenvalue weighted by molar-refractivity contribution is 7.99. The third-order valence-electron chi connectivity index (χ3n) is 9.37. The number of carboxylic acid groups (broad SMARTS) is 1. The number of fused-ring (bicyclic) bond motifs is 7. The number of aromatic nitrogens is 3. The van der Waals surface area contributed by atoms with E-state index in [9.17, 15) is 14.7 Å². The molecule has 0 spiro atoms. The van der Waals surface area contributed by atoms with Gasteiger partial charge in [-0.05, 0) is 54.1 Å². The molecule has 2 aliphatic rings. The van der Waals surface area contributed by atoms with Gasteiger partial charge in [-0.2, -0.15) is 10.2 Å². The monoisotopic (exact) mass is 742 g/mol. The number of carboxylic acids is 1. The van der Waals surface area contributed by atoms with Crippen LogP contribution < -0.4 is 4.74 Å². The summed E-state index contributed by atoms with van der Waals surface area (Å²) < 4.78 is 10.1. The lowest BCUT2D eigenvalue weighted by Gasteiger charge is -2.35. The summed E-state index contributed by atoms with van der Waals surface area (Å²) in [5.74, 6) is 1.98. The summed E-state index contributed by atoms with van der Waals surface area (Å²) >= 11 is 10.4. The van der Waals surface area contributed by atoms with E-state index in [4.69, 9.17) is 26.5 Å². The van der Waals surface area contributed by atoms with Crippen molar-refractivity contribution in [1.82, 2.24) is 24.3 Å². The number of piperazine rings is 1. The maximum atomic E-state index is 12.7. The van der Waals surface area contributed by atoms with Crippen molar-refractivity contribution in [2.24, 2.45) is 19.2 Å². The number of ether oxygens (including phenoxy) is 1. The van der Waals surface area contributed by atoms with Crippen LogP contribution in [-0.4, -0.2) is 79.4 Å². The number of benzene rings is 3. The molecule has 0 aliphatic carbocycles. The van der Waals surface area contributed by atoms with Crippen LogP contribution in [0.4, 0.5) is 0 Å². The molecule has 5 aromatic rings. The van der Waals surface area contributed by atoms with Crippen molar-refractivity contribution >= 4 is 81.0 Å². The van der Waals surface area contributed by atoms with Gasteiger partial charge in [-0.3, -0.25) is 14.5 Å². The maximum Gasteiger partial charge on any atom is 0.352 e. The first-order valence-corrected chi connectivity index (χ1v) is 19.4. The lowest BCUT2D eigenvalue weighted by Crippen LogP contribution is -2.44. The highest BCUT2D eigenvalue weighted by Gasteiger charge is 2.26. The minimum atomic E-state index is -1.00. The second kappa shape index (κ2) is 15.1. The average molecular weight is 743 g/mol. The lowest BCUT2D eigenvalue weighted by atomic mass is 10.0. The standard InChI is InChI=1S/C38H39ClN6O4S2/c1-24(46)44-13-14-45-27(21-44)19-33-34(39)11-10-32-31(37(38(47)48)42(2)36(32)33)9-6-15-49-35-20-29(17-25-7-4-5-8-30(25)35)51-23-28-18-26(41-43(28)3)22-50-16-12-40-45/h4-5,7-8,10-12,17-20H,6,9,13-16,21-23H2,1-3H3,(H,47,48)/b27-19+,40-12+. The van der Waals surface area contributed by atoms with Gasteiger partial charge in [0.25, 0.3) is 0 Å². The Morgan fingerprint density at radius 3 is 2.69 bits per heavy atom. The molecule has 1 amide bonds. The van der Waals surface area contributed by atoms with Gasteiger partial charge in [0.05, 0.1) is 36.6 Å². The molecule has 1 saturated heterocycles. The molecule has 1 N–H and O–H groups in total. The molecule has 2 aromatic heterocycles. The summed E-state index contributed by atoms with van der Waals surface area (Å²) in [6.45, 7) is 3.41. The Labute approximate surface area is 310 Å². The number of hydrogen-bond donors (Lipinski definition) is 1. The number of nitrogens with zero attached hydrogens (tertiary/aromatic N) is 6. The van der Waals surface area contributed by atoms with E-state index in [2.05, 4.69) is 30.3 Å². The van der Waals surface area contributed by atoms with Gasteiger partial charge >= 0.3 is 5.97 Å². The van der Waals surface area contributed by atoms with Gasteiger partial charge in [-0.25, -0.2) is 4.79 Å². The molecule has 1 fully saturated rings. The molecule has 2 aliphatic heterocycles. The molecule has 264 valence electrons. The Morgan fingerprint density at radius 1 is 1.02 bits per heavy atom. The molecular formula is C38H39ClN6O4S2. The fraction of sp³-hybridized carbons (Fsp3) is 0.316. The van der Waals surface area contributed by atoms with Gasteiger partial charge in [0, 0.05) is 83.0 Å². The van der Waals surface area contributed by atoms with E-state index in [1.54, 1.807) is 47.0 Å². The number of thioether (sulfide) groups is 2. The molecular weight excluding hydrogens is 704 g/mol. The third-order valence-corrected chi connectivity index (χ3v) is 11.6. The van der Waals surface area contributed by atoms with E-state index in [1.807, 2.05) is 53.3 Å². The predicted molar refractivity (Wildman–Crippen MR) is 207 cm³/mol. The normalized spacial score (nSPS) is 17.8.